The van der Waals surface area contributed by atoms with E-state index in [9.17, 15) is 13.2 Å². The second kappa shape index (κ2) is 7.38. The number of hydrogen-bond acceptors (Lipinski definition) is 2. The standard InChI is InChI=1S/C13H18F3NO/c1-2-7-17-8-11-3-5-12(6-4-11)9-18-10-13(14,15)16/h3-6,17H,2,7-10H2,1H3. The van der Waals surface area contributed by atoms with Crippen LogP contribution >= 0.6 is 0 Å². The maximum Gasteiger partial charge on any atom is 0.411 e. The van der Waals surface area contributed by atoms with E-state index in [1.165, 1.54) is 0 Å². The van der Waals surface area contributed by atoms with E-state index in [1.54, 1.807) is 12.1 Å². The first-order valence-electron chi connectivity index (χ1n) is 5.94. The lowest BCUT2D eigenvalue weighted by atomic mass is 10.1. The van der Waals surface area contributed by atoms with Crippen molar-refractivity contribution >= 4 is 0 Å². The molecule has 0 aliphatic heterocycles. The van der Waals surface area contributed by atoms with Crippen LogP contribution in [0.5, 0.6) is 0 Å². The van der Waals surface area contributed by atoms with Crippen molar-refractivity contribution in [1.29, 1.82) is 0 Å². The van der Waals surface area contributed by atoms with Crippen LogP contribution in [0.4, 0.5) is 13.2 Å². The van der Waals surface area contributed by atoms with Gasteiger partial charge in [-0.1, -0.05) is 31.2 Å². The Kier molecular flexibility index (Phi) is 6.15. The van der Waals surface area contributed by atoms with Gasteiger partial charge >= 0.3 is 6.18 Å². The molecule has 0 aliphatic carbocycles. The Labute approximate surface area is 105 Å². The summed E-state index contributed by atoms with van der Waals surface area (Å²) in [6.07, 6.45) is -3.19. The van der Waals surface area contributed by atoms with E-state index in [4.69, 9.17) is 0 Å². The minimum atomic E-state index is -4.26. The summed E-state index contributed by atoms with van der Waals surface area (Å²) in [6.45, 7) is 2.61. The van der Waals surface area contributed by atoms with Gasteiger partial charge in [-0.2, -0.15) is 13.2 Å². The molecule has 2 nitrogen and oxygen atoms in total. The Morgan fingerprint density at radius 3 is 2.28 bits per heavy atom. The molecule has 18 heavy (non-hydrogen) atoms. The van der Waals surface area contributed by atoms with Crippen molar-refractivity contribution < 1.29 is 17.9 Å². The van der Waals surface area contributed by atoms with Gasteiger partial charge in [-0.15, -0.1) is 0 Å². The Hall–Kier alpha value is -1.07. The predicted octanol–water partition coefficient (Wildman–Crippen LogP) is 3.27. The van der Waals surface area contributed by atoms with Gasteiger partial charge in [-0.05, 0) is 24.1 Å². The maximum atomic E-state index is 11.9. The molecule has 0 unspecified atom stereocenters. The average molecular weight is 261 g/mol. The van der Waals surface area contributed by atoms with E-state index in [0.717, 1.165) is 30.6 Å². The third-order valence-corrected chi connectivity index (χ3v) is 2.31. The van der Waals surface area contributed by atoms with Crippen LogP contribution in [0.15, 0.2) is 24.3 Å². The Morgan fingerprint density at radius 2 is 1.72 bits per heavy atom. The quantitative estimate of drug-likeness (QED) is 0.761. The van der Waals surface area contributed by atoms with E-state index in [0.29, 0.717) is 0 Å². The Bertz CT molecular complexity index is 335. The fourth-order valence-corrected chi connectivity index (χ4v) is 1.45. The van der Waals surface area contributed by atoms with Crippen molar-refractivity contribution in [3.63, 3.8) is 0 Å². The van der Waals surface area contributed by atoms with Gasteiger partial charge in [0.25, 0.3) is 0 Å². The SMILES string of the molecule is CCCNCc1ccc(COCC(F)(F)F)cc1. The van der Waals surface area contributed by atoms with E-state index in [2.05, 4.69) is 17.0 Å². The summed E-state index contributed by atoms with van der Waals surface area (Å²) in [5.74, 6) is 0. The monoisotopic (exact) mass is 261 g/mol. The molecular weight excluding hydrogens is 243 g/mol. The molecule has 1 aromatic rings. The van der Waals surface area contributed by atoms with Crippen molar-refractivity contribution in [3.05, 3.63) is 35.4 Å². The number of benzene rings is 1. The van der Waals surface area contributed by atoms with Crippen molar-refractivity contribution in [2.24, 2.45) is 0 Å². The summed E-state index contributed by atoms with van der Waals surface area (Å²) in [5, 5.41) is 3.25. The van der Waals surface area contributed by atoms with Gasteiger partial charge in [0.2, 0.25) is 0 Å². The van der Waals surface area contributed by atoms with Crippen molar-refractivity contribution in [2.75, 3.05) is 13.2 Å². The third-order valence-electron chi connectivity index (χ3n) is 2.31. The first-order valence-corrected chi connectivity index (χ1v) is 5.94. The Morgan fingerprint density at radius 1 is 1.11 bits per heavy atom. The number of nitrogens with one attached hydrogen (secondary N) is 1. The molecule has 0 amide bonds. The zero-order chi connectivity index (χ0) is 13.4. The third kappa shape index (κ3) is 6.61. The summed E-state index contributed by atoms with van der Waals surface area (Å²) in [6, 6.07) is 7.38. The lowest BCUT2D eigenvalue weighted by molar-refractivity contribution is -0.176. The molecule has 0 saturated heterocycles. The molecule has 1 rings (SSSR count). The number of rotatable bonds is 7. The molecule has 5 heteroatoms. The predicted molar refractivity (Wildman–Crippen MR) is 64.2 cm³/mol. The number of ether oxygens (including phenoxy) is 1. The zero-order valence-corrected chi connectivity index (χ0v) is 10.4. The van der Waals surface area contributed by atoms with Crippen molar-refractivity contribution in [1.82, 2.24) is 5.32 Å². The van der Waals surface area contributed by atoms with Crippen molar-refractivity contribution in [3.8, 4) is 0 Å². The van der Waals surface area contributed by atoms with Gasteiger partial charge in [-0.3, -0.25) is 0 Å². The molecule has 0 aromatic heterocycles. The molecule has 0 spiro atoms. The summed E-state index contributed by atoms with van der Waals surface area (Å²) in [4.78, 5) is 0. The van der Waals surface area contributed by atoms with Crippen LogP contribution in [0.1, 0.15) is 24.5 Å². The minimum Gasteiger partial charge on any atom is -0.367 e. The van der Waals surface area contributed by atoms with Crippen LogP contribution in [0, 0.1) is 0 Å². The zero-order valence-electron chi connectivity index (χ0n) is 10.4. The van der Waals surface area contributed by atoms with Crippen molar-refractivity contribution in [2.45, 2.75) is 32.7 Å². The molecule has 0 radical (unpaired) electrons. The van der Waals surface area contributed by atoms with Crippen LogP contribution in [-0.4, -0.2) is 19.3 Å². The fraction of sp³-hybridized carbons (Fsp3) is 0.538. The summed E-state index contributed by atoms with van der Waals surface area (Å²) >= 11 is 0. The lowest BCUT2D eigenvalue weighted by Crippen LogP contribution is -2.16. The number of halogens is 3. The van der Waals surface area contributed by atoms with Gasteiger partial charge in [-0.25, -0.2) is 0 Å². The number of alkyl halides is 3. The highest BCUT2D eigenvalue weighted by atomic mass is 19.4. The van der Waals surface area contributed by atoms with Gasteiger partial charge in [0, 0.05) is 6.54 Å². The molecule has 1 aromatic carbocycles. The second-order valence-corrected chi connectivity index (χ2v) is 4.10. The van der Waals surface area contributed by atoms with Crippen LogP contribution in [-0.2, 0) is 17.9 Å². The maximum absolute atomic E-state index is 11.9. The molecule has 0 heterocycles. The topological polar surface area (TPSA) is 21.3 Å². The summed E-state index contributed by atoms with van der Waals surface area (Å²) in [7, 11) is 0. The molecule has 102 valence electrons. The fourth-order valence-electron chi connectivity index (χ4n) is 1.45. The highest BCUT2D eigenvalue weighted by molar-refractivity contribution is 5.21. The van der Waals surface area contributed by atoms with Crippen LogP contribution in [0.3, 0.4) is 0 Å². The second-order valence-electron chi connectivity index (χ2n) is 4.10. The summed E-state index contributed by atoms with van der Waals surface area (Å²) in [5.41, 5.74) is 1.86. The molecule has 0 aliphatic rings. The molecule has 0 fully saturated rings. The number of hydrogen-bond donors (Lipinski definition) is 1. The molecule has 0 atom stereocenters. The first-order chi connectivity index (χ1) is 8.51. The molecule has 1 N–H and O–H groups in total. The molecule has 0 saturated carbocycles. The van der Waals surface area contributed by atoms with Gasteiger partial charge < -0.3 is 10.1 Å². The van der Waals surface area contributed by atoms with Crippen LogP contribution in [0.25, 0.3) is 0 Å². The van der Waals surface area contributed by atoms with Gasteiger partial charge in [0.15, 0.2) is 0 Å². The average Bonchev–Trinajstić information content (AvgIpc) is 2.30. The largest absolute Gasteiger partial charge is 0.411 e. The minimum absolute atomic E-state index is 0.0117. The van der Waals surface area contributed by atoms with Gasteiger partial charge in [0.1, 0.15) is 6.61 Å². The Balaban J connectivity index is 2.31. The van der Waals surface area contributed by atoms with E-state index in [-0.39, 0.29) is 6.61 Å². The summed E-state index contributed by atoms with van der Waals surface area (Å²) < 4.78 is 40.2. The lowest BCUT2D eigenvalue weighted by Gasteiger charge is -2.08. The van der Waals surface area contributed by atoms with E-state index >= 15 is 0 Å². The van der Waals surface area contributed by atoms with E-state index in [1.807, 2.05) is 12.1 Å². The first kappa shape index (κ1) is 15.0. The van der Waals surface area contributed by atoms with E-state index < -0.39 is 12.8 Å². The van der Waals surface area contributed by atoms with Crippen LogP contribution < -0.4 is 5.32 Å². The normalized spacial score (nSPS) is 11.8. The van der Waals surface area contributed by atoms with Gasteiger partial charge in [0.05, 0.1) is 6.61 Å². The highest BCUT2D eigenvalue weighted by Gasteiger charge is 2.27. The van der Waals surface area contributed by atoms with Crippen LogP contribution in [0.2, 0.25) is 0 Å². The highest BCUT2D eigenvalue weighted by Crippen LogP contribution is 2.15. The smallest absolute Gasteiger partial charge is 0.367 e. The molecule has 0 bridgehead atoms. The molecular formula is C13H18F3NO.